The van der Waals surface area contributed by atoms with Crippen LogP contribution in [0, 0.1) is 5.41 Å². The van der Waals surface area contributed by atoms with Gasteiger partial charge in [-0.25, -0.2) is 0 Å². The van der Waals surface area contributed by atoms with Gasteiger partial charge in [0.1, 0.15) is 0 Å². The van der Waals surface area contributed by atoms with Crippen LogP contribution < -0.4 is 0 Å². The Labute approximate surface area is 109 Å². The second-order valence-electron chi connectivity index (χ2n) is 5.62. The van der Waals surface area contributed by atoms with Gasteiger partial charge in [-0.15, -0.1) is 0 Å². The molecule has 3 nitrogen and oxygen atoms in total. The van der Waals surface area contributed by atoms with Crippen LogP contribution in [0.3, 0.4) is 0 Å². The molecule has 100 valence electrons. The van der Waals surface area contributed by atoms with Crippen LogP contribution in [0.5, 0.6) is 0 Å². The number of allylic oxidation sites excluding steroid dienone is 2. The Morgan fingerprint density at radius 3 is 1.78 bits per heavy atom. The van der Waals surface area contributed by atoms with Crippen LogP contribution in [0.1, 0.15) is 40.2 Å². The van der Waals surface area contributed by atoms with E-state index in [-0.39, 0.29) is 10.3 Å². The van der Waals surface area contributed by atoms with Crippen molar-refractivity contribution in [1.29, 1.82) is 0 Å². The Balaban J connectivity index is 3.32. The molecule has 1 aromatic rings. The minimum absolute atomic E-state index is 0.0154. The van der Waals surface area contributed by atoms with Crippen molar-refractivity contribution in [2.24, 2.45) is 5.41 Å². The summed E-state index contributed by atoms with van der Waals surface area (Å²) in [5.41, 5.74) is 3.35. The Morgan fingerprint density at radius 2 is 1.50 bits per heavy atom. The third kappa shape index (κ3) is 3.43. The molecule has 0 atom stereocenters. The van der Waals surface area contributed by atoms with Gasteiger partial charge in [0, 0.05) is 0 Å². The molecular weight excluding hydrogens is 248 g/mol. The third-order valence-electron chi connectivity index (χ3n) is 2.69. The summed E-state index contributed by atoms with van der Waals surface area (Å²) in [5.74, 6) is 0. The van der Waals surface area contributed by atoms with E-state index in [0.29, 0.717) is 0 Å². The van der Waals surface area contributed by atoms with Gasteiger partial charge in [-0.05, 0) is 42.5 Å². The zero-order valence-corrected chi connectivity index (χ0v) is 12.3. The first kappa shape index (κ1) is 14.9. The maximum absolute atomic E-state index is 11.0. The van der Waals surface area contributed by atoms with Crippen LogP contribution in [0.15, 0.2) is 34.7 Å². The molecule has 0 spiro atoms. The first-order valence-corrected chi connectivity index (χ1v) is 7.23. The van der Waals surface area contributed by atoms with Crippen molar-refractivity contribution in [3.05, 3.63) is 35.4 Å². The first-order chi connectivity index (χ1) is 8.03. The van der Waals surface area contributed by atoms with Gasteiger partial charge in [-0.1, -0.05) is 38.5 Å². The molecule has 1 rings (SSSR count). The highest BCUT2D eigenvalue weighted by atomic mass is 32.2. The second kappa shape index (κ2) is 4.86. The van der Waals surface area contributed by atoms with Crippen LogP contribution in [0.2, 0.25) is 0 Å². The maximum atomic E-state index is 11.0. The molecule has 0 fully saturated rings. The summed E-state index contributed by atoms with van der Waals surface area (Å²) < 4.78 is 30.9. The van der Waals surface area contributed by atoms with Gasteiger partial charge in [0.2, 0.25) is 0 Å². The third-order valence-corrected chi connectivity index (χ3v) is 3.56. The first-order valence-electron chi connectivity index (χ1n) is 5.79. The van der Waals surface area contributed by atoms with E-state index in [1.54, 1.807) is 12.1 Å². The molecule has 0 heterocycles. The quantitative estimate of drug-likeness (QED) is 0.831. The molecule has 0 bridgehead atoms. The van der Waals surface area contributed by atoms with Crippen molar-refractivity contribution >= 4 is 15.7 Å². The van der Waals surface area contributed by atoms with Crippen molar-refractivity contribution in [1.82, 2.24) is 0 Å². The fourth-order valence-corrected chi connectivity index (χ4v) is 2.75. The fourth-order valence-electron chi connectivity index (χ4n) is 2.27. The second-order valence-corrected chi connectivity index (χ2v) is 7.05. The molecule has 0 aromatic heterocycles. The van der Waals surface area contributed by atoms with E-state index in [1.165, 1.54) is 23.3 Å². The van der Waals surface area contributed by atoms with Crippen LogP contribution in [0.25, 0.3) is 5.57 Å². The molecule has 1 N–H and O–H groups in total. The average molecular weight is 268 g/mol. The number of benzene rings is 1. The summed E-state index contributed by atoms with van der Waals surface area (Å²) in [6.07, 6.45) is 0. The largest absolute Gasteiger partial charge is 0.294 e. The lowest BCUT2D eigenvalue weighted by Crippen LogP contribution is -2.10. The van der Waals surface area contributed by atoms with E-state index in [4.69, 9.17) is 4.55 Å². The predicted molar refractivity (Wildman–Crippen MR) is 74.0 cm³/mol. The fraction of sp³-hybridized carbons (Fsp3) is 0.429. The highest BCUT2D eigenvalue weighted by Crippen LogP contribution is 2.36. The van der Waals surface area contributed by atoms with Gasteiger partial charge in [0.25, 0.3) is 10.1 Å². The van der Waals surface area contributed by atoms with Gasteiger partial charge in [-0.3, -0.25) is 4.55 Å². The Kier molecular flexibility index (Phi) is 4.03. The molecule has 4 heteroatoms. The lowest BCUT2D eigenvalue weighted by molar-refractivity contribution is 0.483. The van der Waals surface area contributed by atoms with E-state index in [9.17, 15) is 8.42 Å². The monoisotopic (exact) mass is 268 g/mol. The summed E-state index contributed by atoms with van der Waals surface area (Å²) in [6.45, 7) is 10.4. The maximum Gasteiger partial charge on any atom is 0.294 e. The molecule has 0 amide bonds. The van der Waals surface area contributed by atoms with E-state index in [2.05, 4.69) is 20.8 Å². The van der Waals surface area contributed by atoms with Crippen LogP contribution in [0.4, 0.5) is 0 Å². The molecule has 0 aliphatic carbocycles. The van der Waals surface area contributed by atoms with Gasteiger partial charge >= 0.3 is 0 Å². The van der Waals surface area contributed by atoms with Crippen molar-refractivity contribution < 1.29 is 13.0 Å². The standard InChI is InChI=1S/C14H20O3S/c1-10(2)13(14(3,4)5)11-6-8-12(9-7-11)18(15,16)17/h6-9H,1-5H3,(H,15,16,17). The average Bonchev–Trinajstić information content (AvgIpc) is 2.13. The molecule has 0 aliphatic rings. The lowest BCUT2D eigenvalue weighted by atomic mass is 9.80. The van der Waals surface area contributed by atoms with E-state index >= 15 is 0 Å². The molecule has 0 unspecified atom stereocenters. The smallest absolute Gasteiger partial charge is 0.282 e. The zero-order chi connectivity index (χ0) is 14.1. The summed E-state index contributed by atoms with van der Waals surface area (Å²) in [4.78, 5) is -0.0757. The highest BCUT2D eigenvalue weighted by Gasteiger charge is 2.20. The van der Waals surface area contributed by atoms with Gasteiger partial charge in [0.05, 0.1) is 4.90 Å². The van der Waals surface area contributed by atoms with Crippen molar-refractivity contribution in [3.8, 4) is 0 Å². The molecule has 0 saturated heterocycles. The number of rotatable bonds is 2. The number of hydrogen-bond acceptors (Lipinski definition) is 2. The van der Waals surface area contributed by atoms with Crippen LogP contribution in [-0.2, 0) is 10.1 Å². The molecule has 0 radical (unpaired) electrons. The van der Waals surface area contributed by atoms with E-state index < -0.39 is 10.1 Å². The predicted octanol–water partition coefficient (Wildman–Crippen LogP) is 3.77. The van der Waals surface area contributed by atoms with Crippen LogP contribution in [-0.4, -0.2) is 13.0 Å². The molecule has 0 aliphatic heterocycles. The van der Waals surface area contributed by atoms with Gasteiger partial charge < -0.3 is 0 Å². The van der Waals surface area contributed by atoms with E-state index in [1.807, 2.05) is 13.8 Å². The Morgan fingerprint density at radius 1 is 1.06 bits per heavy atom. The molecule has 1 aromatic carbocycles. The molecule has 0 saturated carbocycles. The van der Waals surface area contributed by atoms with Crippen LogP contribution >= 0.6 is 0 Å². The SMILES string of the molecule is CC(C)=C(c1ccc(S(=O)(=O)O)cc1)C(C)(C)C. The van der Waals surface area contributed by atoms with Crippen molar-refractivity contribution in [2.75, 3.05) is 0 Å². The molecular formula is C14H20O3S. The summed E-state index contributed by atoms with van der Waals surface area (Å²) in [6, 6.07) is 6.33. The zero-order valence-electron chi connectivity index (χ0n) is 11.5. The summed E-state index contributed by atoms with van der Waals surface area (Å²) >= 11 is 0. The topological polar surface area (TPSA) is 54.4 Å². The van der Waals surface area contributed by atoms with Crippen molar-refractivity contribution in [3.63, 3.8) is 0 Å². The summed E-state index contributed by atoms with van der Waals surface area (Å²) in [7, 11) is -4.12. The van der Waals surface area contributed by atoms with Gasteiger partial charge in [0.15, 0.2) is 0 Å². The molecule has 18 heavy (non-hydrogen) atoms. The Bertz CT molecular complexity index is 554. The number of hydrogen-bond donors (Lipinski definition) is 1. The van der Waals surface area contributed by atoms with E-state index in [0.717, 1.165) is 5.56 Å². The summed E-state index contributed by atoms with van der Waals surface area (Å²) in [5, 5.41) is 0. The minimum Gasteiger partial charge on any atom is -0.282 e. The van der Waals surface area contributed by atoms with Crippen molar-refractivity contribution in [2.45, 2.75) is 39.5 Å². The Hall–Kier alpha value is -1.13. The van der Waals surface area contributed by atoms with Gasteiger partial charge in [-0.2, -0.15) is 8.42 Å². The highest BCUT2D eigenvalue weighted by molar-refractivity contribution is 7.85. The normalized spacial score (nSPS) is 12.3. The minimum atomic E-state index is -4.12. The lowest BCUT2D eigenvalue weighted by Gasteiger charge is -2.25.